The van der Waals surface area contributed by atoms with Crippen LogP contribution >= 0.6 is 11.6 Å². The van der Waals surface area contributed by atoms with Crippen LogP contribution in [-0.4, -0.2) is 60.8 Å². The van der Waals surface area contributed by atoms with E-state index in [1.165, 1.54) is 22.5 Å². The maximum absolute atomic E-state index is 14.3. The highest BCUT2D eigenvalue weighted by Crippen LogP contribution is 2.32. The Labute approximate surface area is 262 Å². The van der Waals surface area contributed by atoms with Crippen molar-refractivity contribution in [2.75, 3.05) is 31.1 Å². The number of aryl methyl sites for hydroxylation is 1. The van der Waals surface area contributed by atoms with Crippen LogP contribution in [0.2, 0.25) is 5.02 Å². The van der Waals surface area contributed by atoms with Gasteiger partial charge in [0.05, 0.1) is 4.90 Å². The summed E-state index contributed by atoms with van der Waals surface area (Å²) in [4.78, 5) is 28.6. The zero-order valence-electron chi connectivity index (χ0n) is 25.2. The molecule has 1 aliphatic rings. The topological polar surface area (TPSA) is 111 Å². The number of hydrogen-bond donors (Lipinski definition) is 1. The number of benzene rings is 3. The molecule has 0 bridgehead atoms. The molecule has 0 unspecified atom stereocenters. The number of rotatable bonds is 8. The van der Waals surface area contributed by atoms with Crippen molar-refractivity contribution in [1.82, 2.24) is 9.21 Å². The van der Waals surface area contributed by atoms with E-state index in [0.29, 0.717) is 53.3 Å². The van der Waals surface area contributed by atoms with E-state index in [0.717, 1.165) is 11.3 Å². The van der Waals surface area contributed by atoms with Gasteiger partial charge < -0.3 is 19.3 Å². The minimum atomic E-state index is -4.10. The second-order valence-corrected chi connectivity index (χ2v) is 14.4. The van der Waals surface area contributed by atoms with E-state index >= 15 is 0 Å². The highest BCUT2D eigenvalue weighted by Gasteiger charge is 2.32. The summed E-state index contributed by atoms with van der Waals surface area (Å²) >= 11 is 6.49. The summed E-state index contributed by atoms with van der Waals surface area (Å²) in [5, 5.41) is 10.4. The molecule has 4 aromatic rings. The fourth-order valence-electron chi connectivity index (χ4n) is 5.52. The van der Waals surface area contributed by atoms with E-state index in [4.69, 9.17) is 16.0 Å². The lowest BCUT2D eigenvalue weighted by molar-refractivity contribution is -0.139. The summed E-state index contributed by atoms with van der Waals surface area (Å²) < 4.78 is 35.5. The molecule has 3 aromatic carbocycles. The van der Waals surface area contributed by atoms with E-state index in [1.54, 1.807) is 25.1 Å². The van der Waals surface area contributed by atoms with Crippen LogP contribution in [0.3, 0.4) is 0 Å². The number of aromatic carboxylic acids is 1. The number of para-hydroxylation sites is 1. The molecular weight excluding hydrogens is 602 g/mol. The molecular formula is C33H36ClN3O6S. The van der Waals surface area contributed by atoms with Gasteiger partial charge in [0.15, 0.2) is 0 Å². The van der Waals surface area contributed by atoms with Crippen LogP contribution in [0.4, 0.5) is 5.69 Å². The van der Waals surface area contributed by atoms with Gasteiger partial charge in [-0.3, -0.25) is 4.79 Å². The van der Waals surface area contributed by atoms with Crippen LogP contribution in [0.5, 0.6) is 0 Å². The molecule has 0 radical (unpaired) electrons. The number of amides is 1. The maximum Gasteiger partial charge on any atom is 0.372 e. The third kappa shape index (κ3) is 6.33. The lowest BCUT2D eigenvalue weighted by Crippen LogP contribution is -2.52. The van der Waals surface area contributed by atoms with E-state index < -0.39 is 21.4 Å². The van der Waals surface area contributed by atoms with Crippen molar-refractivity contribution in [3.63, 3.8) is 0 Å². The Morgan fingerprint density at radius 1 is 0.932 bits per heavy atom. The predicted molar refractivity (Wildman–Crippen MR) is 170 cm³/mol. The van der Waals surface area contributed by atoms with E-state index in [2.05, 4.69) is 4.90 Å². The number of carboxylic acids is 1. The molecule has 1 N–H and O–H groups in total. The molecule has 5 rings (SSSR count). The normalized spacial score (nSPS) is 14.4. The molecule has 1 aliphatic heterocycles. The zero-order chi connectivity index (χ0) is 31.8. The SMILES string of the molecule is Cc1c(C(=O)O)oc2ccc(S(=O)(=O)N(Cc3ccccc3Cl)Cc3ccccc3N3CCN(C(=O)C(C)(C)C)CC3)cc12. The van der Waals surface area contributed by atoms with Crippen molar-refractivity contribution in [2.24, 2.45) is 5.41 Å². The van der Waals surface area contributed by atoms with Crippen LogP contribution in [0.15, 0.2) is 76.0 Å². The van der Waals surface area contributed by atoms with E-state index in [9.17, 15) is 23.1 Å². The van der Waals surface area contributed by atoms with Crippen molar-refractivity contribution in [3.8, 4) is 0 Å². The summed E-state index contributed by atoms with van der Waals surface area (Å²) in [6.45, 7) is 9.84. The minimum Gasteiger partial charge on any atom is -0.475 e. The lowest BCUT2D eigenvalue weighted by Gasteiger charge is -2.39. The van der Waals surface area contributed by atoms with Gasteiger partial charge in [-0.15, -0.1) is 0 Å². The average molecular weight is 638 g/mol. The van der Waals surface area contributed by atoms with Gasteiger partial charge >= 0.3 is 5.97 Å². The molecule has 0 spiro atoms. The molecule has 232 valence electrons. The Kier molecular flexibility index (Phi) is 8.80. The highest BCUT2D eigenvalue weighted by molar-refractivity contribution is 7.89. The van der Waals surface area contributed by atoms with Gasteiger partial charge in [0.1, 0.15) is 5.58 Å². The number of anilines is 1. The Morgan fingerprint density at radius 2 is 1.55 bits per heavy atom. The van der Waals surface area contributed by atoms with Crippen molar-refractivity contribution in [2.45, 2.75) is 45.7 Å². The van der Waals surface area contributed by atoms with Crippen molar-refractivity contribution in [1.29, 1.82) is 0 Å². The molecule has 0 aliphatic carbocycles. The molecule has 11 heteroatoms. The number of piperazine rings is 1. The van der Waals surface area contributed by atoms with Gasteiger partial charge in [-0.05, 0) is 48.4 Å². The number of carbonyl (C=O) groups excluding carboxylic acids is 1. The third-order valence-corrected chi connectivity index (χ3v) is 10.1. The first-order chi connectivity index (χ1) is 20.8. The fourth-order valence-corrected chi connectivity index (χ4v) is 7.14. The molecule has 2 heterocycles. The number of hydrogen-bond acceptors (Lipinski definition) is 6. The summed E-state index contributed by atoms with van der Waals surface area (Å²) in [5.74, 6) is -1.33. The standard InChI is InChI=1S/C33H36ClN3O6S/c1-22-26-19-25(13-14-29(26)43-30(22)31(38)39)44(41,42)37(20-23-9-5-7-11-27(23)34)21-24-10-6-8-12-28(24)35-15-17-36(18-16-35)32(40)33(2,3)4/h5-14,19H,15-18,20-21H2,1-4H3,(H,38,39). The monoisotopic (exact) mass is 637 g/mol. The van der Waals surface area contributed by atoms with Gasteiger partial charge in [0, 0.05) is 66.3 Å². The number of furan rings is 1. The molecule has 1 aromatic heterocycles. The average Bonchev–Trinajstić information content (AvgIpc) is 3.33. The lowest BCUT2D eigenvalue weighted by atomic mass is 9.94. The molecule has 9 nitrogen and oxygen atoms in total. The van der Waals surface area contributed by atoms with E-state index in [1.807, 2.05) is 56.0 Å². The fraction of sp³-hybridized carbons (Fsp3) is 0.333. The van der Waals surface area contributed by atoms with Crippen LogP contribution < -0.4 is 4.90 Å². The number of carboxylic acid groups (broad SMARTS) is 1. The molecule has 0 saturated carbocycles. The van der Waals surface area contributed by atoms with Crippen LogP contribution in [-0.2, 0) is 27.9 Å². The molecule has 1 saturated heterocycles. The van der Waals surface area contributed by atoms with Gasteiger partial charge in [-0.25, -0.2) is 13.2 Å². The first-order valence-corrected chi connectivity index (χ1v) is 16.2. The van der Waals surface area contributed by atoms with Crippen molar-refractivity contribution >= 4 is 50.2 Å². The summed E-state index contributed by atoms with van der Waals surface area (Å²) in [6, 6.07) is 19.2. The Morgan fingerprint density at radius 3 is 2.18 bits per heavy atom. The number of sulfonamides is 1. The zero-order valence-corrected chi connectivity index (χ0v) is 26.8. The number of fused-ring (bicyclic) bond motifs is 1. The minimum absolute atomic E-state index is 0.0182. The third-order valence-electron chi connectivity index (χ3n) is 7.93. The van der Waals surface area contributed by atoms with Crippen LogP contribution in [0.25, 0.3) is 11.0 Å². The summed E-state index contributed by atoms with van der Waals surface area (Å²) in [6.07, 6.45) is 0. The maximum atomic E-state index is 14.3. The summed E-state index contributed by atoms with van der Waals surface area (Å²) in [5.41, 5.74) is 2.57. The van der Waals surface area contributed by atoms with Crippen molar-refractivity contribution < 1.29 is 27.5 Å². The predicted octanol–water partition coefficient (Wildman–Crippen LogP) is 6.18. The Bertz CT molecular complexity index is 1820. The quantitative estimate of drug-likeness (QED) is 0.246. The number of halogens is 1. The Balaban J connectivity index is 1.49. The first kappa shape index (κ1) is 31.6. The highest BCUT2D eigenvalue weighted by atomic mass is 35.5. The number of nitrogens with zero attached hydrogens (tertiary/aromatic N) is 3. The number of carbonyl (C=O) groups is 2. The van der Waals surface area contributed by atoms with Gasteiger partial charge in [-0.2, -0.15) is 4.31 Å². The molecule has 1 fully saturated rings. The molecule has 0 atom stereocenters. The largest absolute Gasteiger partial charge is 0.475 e. The van der Waals surface area contributed by atoms with Crippen molar-refractivity contribution in [3.05, 3.63) is 94.2 Å². The van der Waals surface area contributed by atoms with E-state index in [-0.39, 0.29) is 29.7 Å². The van der Waals surface area contributed by atoms with Gasteiger partial charge in [0.25, 0.3) is 0 Å². The van der Waals surface area contributed by atoms with Gasteiger partial charge in [0.2, 0.25) is 21.7 Å². The second kappa shape index (κ2) is 12.3. The van der Waals surface area contributed by atoms with Crippen LogP contribution in [0, 0.1) is 12.3 Å². The molecule has 44 heavy (non-hydrogen) atoms. The van der Waals surface area contributed by atoms with Gasteiger partial charge in [-0.1, -0.05) is 68.8 Å². The first-order valence-electron chi connectivity index (χ1n) is 14.4. The Hall–Kier alpha value is -3.86. The molecule has 1 amide bonds. The second-order valence-electron chi connectivity index (χ2n) is 12.0. The smallest absolute Gasteiger partial charge is 0.372 e. The van der Waals surface area contributed by atoms with Crippen LogP contribution in [0.1, 0.15) is 48.0 Å². The summed E-state index contributed by atoms with van der Waals surface area (Å²) in [7, 11) is -4.10.